The first-order chi connectivity index (χ1) is 8.42. The fourth-order valence-electron chi connectivity index (χ4n) is 2.04. The number of hydrogen-bond acceptors (Lipinski definition) is 1. The van der Waals surface area contributed by atoms with E-state index in [1.807, 2.05) is 12.1 Å². The molecule has 1 N–H and O–H groups in total. The van der Waals surface area contributed by atoms with E-state index in [4.69, 9.17) is 0 Å². The van der Waals surface area contributed by atoms with Crippen molar-refractivity contribution in [3.63, 3.8) is 0 Å². The van der Waals surface area contributed by atoms with Crippen molar-refractivity contribution in [3.05, 3.63) is 54.4 Å². The van der Waals surface area contributed by atoms with Gasteiger partial charge in [-0.05, 0) is 55.1 Å². The lowest BCUT2D eigenvalue weighted by Gasteiger charge is -2.06. The topological polar surface area (TPSA) is 17.0 Å². The van der Waals surface area contributed by atoms with Gasteiger partial charge in [-0.25, -0.2) is 0 Å². The van der Waals surface area contributed by atoms with Crippen LogP contribution in [0, 0.1) is 5.92 Å². The molecule has 0 atom stereocenters. The molecule has 88 valence electrons. The van der Waals surface area contributed by atoms with Crippen molar-refractivity contribution >= 4 is 0 Å². The Morgan fingerprint density at radius 2 is 1.76 bits per heavy atom. The molecule has 0 saturated heterocycles. The first kappa shape index (κ1) is 10.6. The van der Waals surface area contributed by atoms with Gasteiger partial charge in [0, 0.05) is 24.6 Å². The van der Waals surface area contributed by atoms with Gasteiger partial charge in [-0.15, -0.1) is 0 Å². The Hall–Kier alpha value is -1.54. The monoisotopic (exact) mass is 226 g/mol. The van der Waals surface area contributed by atoms with Crippen LogP contribution in [-0.4, -0.2) is 11.1 Å². The summed E-state index contributed by atoms with van der Waals surface area (Å²) in [4.78, 5) is 0. The highest BCUT2D eigenvalue weighted by Gasteiger charge is 2.19. The van der Waals surface area contributed by atoms with E-state index < -0.39 is 0 Å². The van der Waals surface area contributed by atoms with E-state index in [1.165, 1.54) is 30.6 Å². The van der Waals surface area contributed by atoms with E-state index >= 15 is 0 Å². The average Bonchev–Trinajstić information content (AvgIpc) is 3.03. The summed E-state index contributed by atoms with van der Waals surface area (Å²) in [6.07, 6.45) is 6.97. The van der Waals surface area contributed by atoms with Crippen LogP contribution in [0.1, 0.15) is 18.4 Å². The molecular formula is C15H18N2. The summed E-state index contributed by atoms with van der Waals surface area (Å²) in [7, 11) is 0. The summed E-state index contributed by atoms with van der Waals surface area (Å²) in [5.41, 5.74) is 2.59. The Bertz CT molecular complexity index is 452. The standard InChI is InChI=1S/C15H18N2/c1-2-10-17(9-1)15-7-5-14(6-8-15)12-16-11-13-3-4-13/h1-2,5-10,13,16H,3-4,11-12H2. The molecule has 2 heteroatoms. The lowest BCUT2D eigenvalue weighted by atomic mass is 10.2. The summed E-state index contributed by atoms with van der Waals surface area (Å²) in [5, 5.41) is 3.51. The molecule has 1 heterocycles. The zero-order valence-corrected chi connectivity index (χ0v) is 9.97. The second-order valence-electron chi connectivity index (χ2n) is 4.83. The molecule has 0 radical (unpaired) electrons. The van der Waals surface area contributed by atoms with E-state index in [0.717, 1.165) is 12.5 Å². The van der Waals surface area contributed by atoms with Crippen molar-refractivity contribution in [1.29, 1.82) is 0 Å². The van der Waals surface area contributed by atoms with Gasteiger partial charge in [0.1, 0.15) is 0 Å². The first-order valence-corrected chi connectivity index (χ1v) is 6.35. The number of hydrogen-bond donors (Lipinski definition) is 1. The van der Waals surface area contributed by atoms with Gasteiger partial charge in [0.05, 0.1) is 0 Å². The highest BCUT2D eigenvalue weighted by Crippen LogP contribution is 2.27. The van der Waals surface area contributed by atoms with Crippen LogP contribution in [0.15, 0.2) is 48.8 Å². The van der Waals surface area contributed by atoms with Crippen LogP contribution in [0.2, 0.25) is 0 Å². The third-order valence-electron chi connectivity index (χ3n) is 3.30. The highest BCUT2D eigenvalue weighted by molar-refractivity contribution is 5.35. The van der Waals surface area contributed by atoms with Crippen LogP contribution in [-0.2, 0) is 6.54 Å². The van der Waals surface area contributed by atoms with Gasteiger partial charge < -0.3 is 9.88 Å². The highest BCUT2D eigenvalue weighted by atomic mass is 14.9. The Morgan fingerprint density at radius 3 is 2.41 bits per heavy atom. The second kappa shape index (κ2) is 4.76. The van der Waals surface area contributed by atoms with Crippen molar-refractivity contribution in [1.82, 2.24) is 9.88 Å². The summed E-state index contributed by atoms with van der Waals surface area (Å²) in [6, 6.07) is 12.9. The SMILES string of the molecule is c1ccn(-c2ccc(CNCC3CC3)cc2)c1. The first-order valence-electron chi connectivity index (χ1n) is 6.35. The Kier molecular flexibility index (Phi) is 2.97. The van der Waals surface area contributed by atoms with Crippen LogP contribution in [0.3, 0.4) is 0 Å². The third-order valence-corrected chi connectivity index (χ3v) is 3.30. The van der Waals surface area contributed by atoms with Gasteiger partial charge >= 0.3 is 0 Å². The molecule has 1 aromatic carbocycles. The van der Waals surface area contributed by atoms with Crippen LogP contribution >= 0.6 is 0 Å². The lowest BCUT2D eigenvalue weighted by Crippen LogP contribution is -2.15. The Morgan fingerprint density at radius 1 is 1.06 bits per heavy atom. The fourth-order valence-corrected chi connectivity index (χ4v) is 2.04. The van der Waals surface area contributed by atoms with Crippen molar-refractivity contribution in [2.45, 2.75) is 19.4 Å². The number of aromatic nitrogens is 1. The number of nitrogens with one attached hydrogen (secondary N) is 1. The maximum absolute atomic E-state index is 3.51. The predicted octanol–water partition coefficient (Wildman–Crippen LogP) is 2.98. The molecule has 0 aliphatic heterocycles. The van der Waals surface area contributed by atoms with Crippen molar-refractivity contribution in [2.24, 2.45) is 5.92 Å². The molecule has 1 aromatic heterocycles. The van der Waals surface area contributed by atoms with Gasteiger partial charge in [0.15, 0.2) is 0 Å². The molecule has 0 amide bonds. The van der Waals surface area contributed by atoms with Crippen molar-refractivity contribution in [3.8, 4) is 5.69 Å². The summed E-state index contributed by atoms with van der Waals surface area (Å²) in [6.45, 7) is 2.17. The molecule has 1 saturated carbocycles. The minimum absolute atomic E-state index is 0.953. The minimum Gasteiger partial charge on any atom is -0.324 e. The Balaban J connectivity index is 1.59. The third kappa shape index (κ3) is 2.77. The number of benzene rings is 1. The second-order valence-corrected chi connectivity index (χ2v) is 4.83. The van der Waals surface area contributed by atoms with Gasteiger partial charge in [-0.1, -0.05) is 12.1 Å². The van der Waals surface area contributed by atoms with Crippen LogP contribution in [0.4, 0.5) is 0 Å². The average molecular weight is 226 g/mol. The Labute approximate surface area is 102 Å². The molecule has 2 nitrogen and oxygen atoms in total. The summed E-state index contributed by atoms with van der Waals surface area (Å²) >= 11 is 0. The molecule has 17 heavy (non-hydrogen) atoms. The predicted molar refractivity (Wildman–Crippen MR) is 70.2 cm³/mol. The fraction of sp³-hybridized carbons (Fsp3) is 0.333. The molecule has 0 spiro atoms. The van der Waals surface area contributed by atoms with Gasteiger partial charge in [0.2, 0.25) is 0 Å². The zero-order valence-electron chi connectivity index (χ0n) is 9.97. The maximum Gasteiger partial charge on any atom is 0.0449 e. The summed E-state index contributed by atoms with van der Waals surface area (Å²) < 4.78 is 2.13. The molecule has 0 unspecified atom stereocenters. The van der Waals surface area contributed by atoms with Gasteiger partial charge in [-0.2, -0.15) is 0 Å². The molecule has 2 aromatic rings. The van der Waals surface area contributed by atoms with Crippen LogP contribution < -0.4 is 5.32 Å². The summed E-state index contributed by atoms with van der Waals surface area (Å²) in [5.74, 6) is 0.953. The van der Waals surface area contributed by atoms with E-state index in [2.05, 4.69) is 46.5 Å². The quantitative estimate of drug-likeness (QED) is 0.829. The molecule has 0 bridgehead atoms. The number of nitrogens with zero attached hydrogens (tertiary/aromatic N) is 1. The van der Waals surface area contributed by atoms with Gasteiger partial charge in [-0.3, -0.25) is 0 Å². The van der Waals surface area contributed by atoms with Gasteiger partial charge in [0.25, 0.3) is 0 Å². The normalized spacial score (nSPS) is 15.1. The van der Waals surface area contributed by atoms with E-state index in [0.29, 0.717) is 0 Å². The number of rotatable bonds is 5. The zero-order chi connectivity index (χ0) is 11.5. The molecule has 3 rings (SSSR count). The molecular weight excluding hydrogens is 208 g/mol. The van der Waals surface area contributed by atoms with Crippen LogP contribution in [0.25, 0.3) is 5.69 Å². The largest absolute Gasteiger partial charge is 0.324 e. The smallest absolute Gasteiger partial charge is 0.0449 e. The molecule has 1 aliphatic carbocycles. The van der Waals surface area contributed by atoms with E-state index in [9.17, 15) is 0 Å². The lowest BCUT2D eigenvalue weighted by molar-refractivity contribution is 0.638. The van der Waals surface area contributed by atoms with E-state index in [1.54, 1.807) is 0 Å². The van der Waals surface area contributed by atoms with Crippen LogP contribution in [0.5, 0.6) is 0 Å². The maximum atomic E-state index is 3.51. The van der Waals surface area contributed by atoms with Crippen molar-refractivity contribution < 1.29 is 0 Å². The van der Waals surface area contributed by atoms with E-state index in [-0.39, 0.29) is 0 Å². The molecule has 1 fully saturated rings. The molecule has 1 aliphatic rings. The minimum atomic E-state index is 0.953. The van der Waals surface area contributed by atoms with Crippen molar-refractivity contribution in [2.75, 3.05) is 6.54 Å².